The van der Waals surface area contributed by atoms with E-state index in [1.54, 1.807) is 25.7 Å². The Balaban J connectivity index is 2.34. The summed E-state index contributed by atoms with van der Waals surface area (Å²) in [5, 5.41) is 2.82. The van der Waals surface area contributed by atoms with Crippen LogP contribution in [0.3, 0.4) is 0 Å². The van der Waals surface area contributed by atoms with Crippen molar-refractivity contribution in [3.8, 4) is 11.5 Å². The summed E-state index contributed by atoms with van der Waals surface area (Å²) < 4.78 is 10.4. The molecule has 1 heterocycles. The molecule has 0 aromatic rings. The van der Waals surface area contributed by atoms with Crippen LogP contribution in [-0.4, -0.2) is 61.8 Å². The second kappa shape index (κ2) is 10.1. The maximum atomic E-state index is 13.8. The first-order valence-electron chi connectivity index (χ1n) is 11.2. The van der Waals surface area contributed by atoms with Crippen molar-refractivity contribution in [1.82, 2.24) is 10.2 Å². The smallest absolute Gasteiger partial charge is 0.408 e. The number of alkyl carbamates (subject to hydrolysis) is 1. The molecule has 1 N–H and O–H groups in total. The molecule has 7 nitrogen and oxygen atoms in total. The summed E-state index contributed by atoms with van der Waals surface area (Å²) in [6, 6.07) is -1.77. The number of amides is 2. The van der Waals surface area contributed by atoms with Crippen LogP contribution in [0.15, 0.2) is 0 Å². The number of likely N-dealkylation sites (tertiary alicyclic amines) is 1. The Kier molecular flexibility index (Phi) is 8.20. The van der Waals surface area contributed by atoms with Gasteiger partial charge in [0.1, 0.15) is 25.8 Å². The number of nitrogens with one attached hydrogen (secondary N) is 1. The Morgan fingerprint density at radius 1 is 1.06 bits per heavy atom. The highest BCUT2D eigenvalue weighted by Gasteiger charge is 2.46. The van der Waals surface area contributed by atoms with Gasteiger partial charge in [0.25, 0.3) is 0 Å². The molecule has 1 aliphatic heterocycles. The van der Waals surface area contributed by atoms with E-state index >= 15 is 0 Å². The van der Waals surface area contributed by atoms with Crippen molar-refractivity contribution in [2.75, 3.05) is 7.11 Å². The number of hydrogen-bond donors (Lipinski definition) is 1. The van der Waals surface area contributed by atoms with E-state index in [1.807, 2.05) is 0 Å². The quantitative estimate of drug-likeness (QED) is 0.403. The van der Waals surface area contributed by atoms with Crippen LogP contribution in [0.4, 0.5) is 4.79 Å². The molecule has 0 aromatic heterocycles. The molecule has 0 aromatic carbocycles. The zero-order chi connectivity index (χ0) is 23.4. The summed E-state index contributed by atoms with van der Waals surface area (Å²) >= 11 is 0. The van der Waals surface area contributed by atoms with Crippen molar-refractivity contribution in [2.24, 2.45) is 5.92 Å². The molecule has 1 saturated carbocycles. The van der Waals surface area contributed by atoms with Gasteiger partial charge in [0.05, 0.1) is 13.2 Å². The first-order valence-corrected chi connectivity index (χ1v) is 14.7. The van der Waals surface area contributed by atoms with Crippen molar-refractivity contribution < 1.29 is 23.9 Å². The minimum absolute atomic E-state index is 0.0181. The van der Waals surface area contributed by atoms with Crippen LogP contribution < -0.4 is 5.32 Å². The van der Waals surface area contributed by atoms with E-state index in [0.29, 0.717) is 12.8 Å². The van der Waals surface area contributed by atoms with E-state index < -0.39 is 37.8 Å². The highest BCUT2D eigenvalue weighted by atomic mass is 28.3. The molecular weight excluding hydrogens is 412 g/mol. The van der Waals surface area contributed by atoms with Gasteiger partial charge >= 0.3 is 12.1 Å². The third-order valence-electron chi connectivity index (χ3n) is 5.54. The summed E-state index contributed by atoms with van der Waals surface area (Å²) in [6.07, 6.45) is 4.26. The number of ether oxygens (including phenoxy) is 2. The minimum atomic E-state index is -1.66. The highest BCUT2D eigenvalue weighted by molar-refractivity contribution is 6.83. The lowest BCUT2D eigenvalue weighted by atomic mass is 9.96. The number of methoxy groups -OCH3 is 1. The predicted molar refractivity (Wildman–Crippen MR) is 122 cm³/mol. The van der Waals surface area contributed by atoms with Crippen LogP contribution in [-0.2, 0) is 19.1 Å². The van der Waals surface area contributed by atoms with Gasteiger partial charge in [-0.15, -0.1) is 5.54 Å². The number of hydrogen-bond acceptors (Lipinski definition) is 5. The molecule has 3 atom stereocenters. The largest absolute Gasteiger partial charge is 0.467 e. The lowest BCUT2D eigenvalue weighted by Crippen LogP contribution is -2.56. The number of nitrogens with zero attached hydrogens (tertiary/aromatic N) is 1. The Labute approximate surface area is 187 Å². The molecule has 174 valence electrons. The SMILES string of the molecule is COC(=O)C1CCC(C#C[Si](C)(C)C)N1C(=O)[C@@H](NC(=O)OC(C)(C)C)C1CCCC1. The molecule has 31 heavy (non-hydrogen) atoms. The molecule has 2 fully saturated rings. The van der Waals surface area contributed by atoms with Crippen LogP contribution in [0.2, 0.25) is 19.6 Å². The monoisotopic (exact) mass is 450 g/mol. The van der Waals surface area contributed by atoms with E-state index in [0.717, 1.165) is 25.7 Å². The van der Waals surface area contributed by atoms with Gasteiger partial charge in [0, 0.05) is 0 Å². The molecule has 0 bridgehead atoms. The number of carbonyl (C=O) groups is 3. The fraction of sp³-hybridized carbons (Fsp3) is 0.783. The summed E-state index contributed by atoms with van der Waals surface area (Å²) in [7, 11) is -0.325. The second-order valence-electron chi connectivity index (χ2n) is 10.6. The van der Waals surface area contributed by atoms with Crippen LogP contribution >= 0.6 is 0 Å². The first kappa shape index (κ1) is 25.2. The maximum Gasteiger partial charge on any atom is 0.408 e. The third-order valence-corrected chi connectivity index (χ3v) is 6.43. The lowest BCUT2D eigenvalue weighted by Gasteiger charge is -2.33. The van der Waals surface area contributed by atoms with Crippen molar-refractivity contribution in [2.45, 2.75) is 103 Å². The maximum absolute atomic E-state index is 13.8. The van der Waals surface area contributed by atoms with Crippen LogP contribution in [0.5, 0.6) is 0 Å². The van der Waals surface area contributed by atoms with Crippen molar-refractivity contribution >= 4 is 26.0 Å². The van der Waals surface area contributed by atoms with Gasteiger partial charge in [-0.2, -0.15) is 0 Å². The standard InChI is InChI=1S/C23H38N2O5Si/c1-23(2,3)30-22(28)24-19(16-10-8-9-11-16)20(26)25-17(14-15-31(5,6)7)12-13-18(25)21(27)29-4/h16-19H,8-13H2,1-7H3,(H,24,28)/t17?,18?,19-/m0/s1. The van der Waals surface area contributed by atoms with E-state index in [2.05, 4.69) is 36.4 Å². The molecule has 2 unspecified atom stereocenters. The van der Waals surface area contributed by atoms with Gasteiger partial charge in [-0.05, 0) is 52.4 Å². The first-order chi connectivity index (χ1) is 14.3. The fourth-order valence-corrected chi connectivity index (χ4v) is 4.79. The van der Waals surface area contributed by atoms with E-state index in [1.165, 1.54) is 7.11 Å². The van der Waals surface area contributed by atoms with Crippen molar-refractivity contribution in [3.05, 3.63) is 0 Å². The summed E-state index contributed by atoms with van der Waals surface area (Å²) in [5.74, 6) is 2.58. The molecular formula is C23H38N2O5Si. The molecule has 2 amide bonds. The van der Waals surface area contributed by atoms with E-state index in [-0.39, 0.29) is 17.9 Å². The van der Waals surface area contributed by atoms with E-state index in [9.17, 15) is 14.4 Å². The Bertz CT molecular complexity index is 738. The van der Waals surface area contributed by atoms with Gasteiger partial charge in [-0.1, -0.05) is 38.4 Å². The van der Waals surface area contributed by atoms with E-state index in [4.69, 9.17) is 9.47 Å². The van der Waals surface area contributed by atoms with Crippen LogP contribution in [0, 0.1) is 17.4 Å². The van der Waals surface area contributed by atoms with Gasteiger partial charge in [0.15, 0.2) is 0 Å². The van der Waals surface area contributed by atoms with Crippen molar-refractivity contribution in [1.29, 1.82) is 0 Å². The Hall–Kier alpha value is -2.01. The third kappa shape index (κ3) is 7.27. The Morgan fingerprint density at radius 2 is 1.68 bits per heavy atom. The Morgan fingerprint density at radius 3 is 2.19 bits per heavy atom. The highest BCUT2D eigenvalue weighted by Crippen LogP contribution is 2.32. The summed E-state index contributed by atoms with van der Waals surface area (Å²) in [5.41, 5.74) is 2.67. The average molecular weight is 451 g/mol. The van der Waals surface area contributed by atoms with Gasteiger partial charge in [0.2, 0.25) is 5.91 Å². The summed E-state index contributed by atoms with van der Waals surface area (Å²) in [4.78, 5) is 40.4. The zero-order valence-electron chi connectivity index (χ0n) is 20.0. The van der Waals surface area contributed by atoms with Crippen LogP contribution in [0.25, 0.3) is 0 Å². The number of carbonyl (C=O) groups excluding carboxylic acids is 3. The average Bonchev–Trinajstić information content (AvgIpc) is 3.30. The molecule has 0 spiro atoms. The van der Waals surface area contributed by atoms with Gasteiger partial charge < -0.3 is 19.7 Å². The van der Waals surface area contributed by atoms with Crippen LogP contribution in [0.1, 0.15) is 59.3 Å². The topological polar surface area (TPSA) is 84.9 Å². The number of rotatable bonds is 4. The predicted octanol–water partition coefficient (Wildman–Crippen LogP) is 3.48. The van der Waals surface area contributed by atoms with Gasteiger partial charge in [-0.3, -0.25) is 4.79 Å². The van der Waals surface area contributed by atoms with Crippen molar-refractivity contribution in [3.63, 3.8) is 0 Å². The lowest BCUT2D eigenvalue weighted by molar-refractivity contribution is -0.152. The van der Waals surface area contributed by atoms with Gasteiger partial charge in [-0.25, -0.2) is 9.59 Å². The molecule has 1 saturated heterocycles. The minimum Gasteiger partial charge on any atom is -0.467 e. The molecule has 2 rings (SSSR count). The molecule has 0 radical (unpaired) electrons. The molecule has 2 aliphatic rings. The normalized spacial score (nSPS) is 23.0. The zero-order valence-corrected chi connectivity index (χ0v) is 21.0. The molecule has 1 aliphatic carbocycles. The fourth-order valence-electron chi connectivity index (χ4n) is 4.19. The number of esters is 1. The second-order valence-corrected chi connectivity index (χ2v) is 15.3. The summed E-state index contributed by atoms with van der Waals surface area (Å²) in [6.45, 7) is 11.8. The molecule has 8 heteroatoms.